The van der Waals surface area contributed by atoms with Crippen molar-refractivity contribution in [1.29, 1.82) is 0 Å². The Kier molecular flexibility index (Phi) is 6.88. The fourth-order valence-corrected chi connectivity index (χ4v) is 4.59. The molecule has 2 amide bonds. The van der Waals surface area contributed by atoms with Crippen molar-refractivity contribution < 1.29 is 29.3 Å². The fourth-order valence-electron chi connectivity index (χ4n) is 4.59. The minimum absolute atomic E-state index is 0.00936. The van der Waals surface area contributed by atoms with Crippen LogP contribution in [-0.4, -0.2) is 53.0 Å². The third-order valence-corrected chi connectivity index (χ3v) is 6.86. The molecule has 1 saturated carbocycles. The van der Waals surface area contributed by atoms with Gasteiger partial charge in [0.25, 0.3) is 0 Å². The van der Waals surface area contributed by atoms with E-state index in [0.29, 0.717) is 0 Å². The van der Waals surface area contributed by atoms with Crippen molar-refractivity contribution in [3.8, 4) is 11.1 Å². The first-order chi connectivity index (χ1) is 16.3. The maximum atomic E-state index is 12.7. The number of carboxylic acids is 1. The number of aliphatic hydroxyl groups is 1. The molecule has 0 heterocycles. The van der Waals surface area contributed by atoms with Crippen LogP contribution in [0.3, 0.4) is 0 Å². The van der Waals surface area contributed by atoms with E-state index in [0.717, 1.165) is 48.4 Å². The summed E-state index contributed by atoms with van der Waals surface area (Å²) in [6, 6.07) is 15.8. The summed E-state index contributed by atoms with van der Waals surface area (Å²) in [5, 5.41) is 24.1. The Morgan fingerprint density at radius 1 is 1.06 bits per heavy atom. The minimum Gasteiger partial charge on any atom is -0.479 e. The molecular weight excluding hydrogens is 436 g/mol. The molecule has 0 bridgehead atoms. The number of carbonyl (C=O) groups excluding carboxylic acids is 2. The number of amides is 2. The van der Waals surface area contributed by atoms with Gasteiger partial charge in [-0.15, -0.1) is 0 Å². The second-order valence-corrected chi connectivity index (χ2v) is 9.33. The van der Waals surface area contributed by atoms with Gasteiger partial charge in [0.05, 0.1) is 6.54 Å². The minimum atomic E-state index is -2.05. The van der Waals surface area contributed by atoms with Crippen molar-refractivity contribution >= 4 is 18.0 Å². The van der Waals surface area contributed by atoms with Crippen LogP contribution >= 0.6 is 0 Å². The van der Waals surface area contributed by atoms with Crippen LogP contribution in [0.15, 0.2) is 48.5 Å². The van der Waals surface area contributed by atoms with Crippen LogP contribution in [0.25, 0.3) is 11.1 Å². The first-order valence-corrected chi connectivity index (χ1v) is 11.6. The predicted molar refractivity (Wildman–Crippen MR) is 125 cm³/mol. The average Bonchev–Trinajstić information content (AvgIpc) is 3.09. The van der Waals surface area contributed by atoms with Gasteiger partial charge in [0, 0.05) is 18.4 Å². The number of benzene rings is 2. The van der Waals surface area contributed by atoms with Gasteiger partial charge in [-0.05, 0) is 47.9 Å². The van der Waals surface area contributed by atoms with E-state index in [4.69, 9.17) is 9.84 Å². The number of fused-ring (bicyclic) bond motifs is 3. The van der Waals surface area contributed by atoms with E-state index >= 15 is 0 Å². The van der Waals surface area contributed by atoms with E-state index in [-0.39, 0.29) is 24.9 Å². The van der Waals surface area contributed by atoms with Crippen LogP contribution in [0.2, 0.25) is 0 Å². The lowest BCUT2D eigenvalue weighted by Gasteiger charge is -2.34. The molecule has 1 fully saturated rings. The van der Waals surface area contributed by atoms with Crippen molar-refractivity contribution in [2.24, 2.45) is 5.92 Å². The molecule has 0 aromatic heterocycles. The summed E-state index contributed by atoms with van der Waals surface area (Å²) in [5.74, 6) is -1.74. The van der Waals surface area contributed by atoms with E-state index in [2.05, 4.69) is 34.9 Å². The smallest absolute Gasteiger partial charge is 0.407 e. The zero-order valence-corrected chi connectivity index (χ0v) is 19.1. The van der Waals surface area contributed by atoms with Gasteiger partial charge in [-0.1, -0.05) is 55.0 Å². The van der Waals surface area contributed by atoms with Gasteiger partial charge in [-0.3, -0.25) is 4.79 Å². The summed E-state index contributed by atoms with van der Waals surface area (Å²) in [6.45, 7) is 0.891. The standard InChI is InChI=1S/C26H30N2O6/c1-26(33,24(30)31)15-27-23(29)13-22(16-7-6-8-16)28-25(32)34-14-21-19-11-4-2-9-17(19)18-10-3-5-12-20(18)21/h2-5,9-12,16,21-22,33H,6-8,13-15H2,1H3,(H,27,29)(H,28,32)(H,30,31). The maximum absolute atomic E-state index is 12.7. The monoisotopic (exact) mass is 466 g/mol. The molecule has 2 aromatic rings. The molecular formula is C26H30N2O6. The highest BCUT2D eigenvalue weighted by atomic mass is 16.5. The van der Waals surface area contributed by atoms with Gasteiger partial charge in [-0.2, -0.15) is 0 Å². The van der Waals surface area contributed by atoms with Crippen LogP contribution in [0.4, 0.5) is 4.79 Å². The van der Waals surface area contributed by atoms with Gasteiger partial charge in [0.2, 0.25) is 5.91 Å². The van der Waals surface area contributed by atoms with E-state index < -0.39 is 36.2 Å². The van der Waals surface area contributed by atoms with Gasteiger partial charge in [-0.25, -0.2) is 9.59 Å². The lowest BCUT2D eigenvalue weighted by atomic mass is 9.78. The molecule has 2 aliphatic carbocycles. The topological polar surface area (TPSA) is 125 Å². The Hall–Kier alpha value is -3.39. The molecule has 34 heavy (non-hydrogen) atoms. The summed E-state index contributed by atoms with van der Waals surface area (Å²) in [7, 11) is 0. The third kappa shape index (κ3) is 5.07. The Morgan fingerprint density at radius 3 is 2.18 bits per heavy atom. The van der Waals surface area contributed by atoms with Crippen molar-refractivity contribution in [2.75, 3.05) is 13.2 Å². The number of aliphatic carboxylic acids is 1. The molecule has 0 aliphatic heterocycles. The molecule has 8 nitrogen and oxygen atoms in total. The van der Waals surface area contributed by atoms with Crippen LogP contribution in [0.1, 0.15) is 49.7 Å². The summed E-state index contributed by atoms with van der Waals surface area (Å²) in [4.78, 5) is 36.1. The van der Waals surface area contributed by atoms with Gasteiger partial charge in [0.1, 0.15) is 6.61 Å². The van der Waals surface area contributed by atoms with Gasteiger partial charge in [0.15, 0.2) is 5.60 Å². The second kappa shape index (κ2) is 9.85. The highest BCUT2D eigenvalue weighted by molar-refractivity contribution is 5.81. The molecule has 2 aromatic carbocycles. The van der Waals surface area contributed by atoms with Crippen molar-refractivity contribution in [3.63, 3.8) is 0 Å². The lowest BCUT2D eigenvalue weighted by Crippen LogP contribution is -2.49. The van der Waals surface area contributed by atoms with Gasteiger partial charge >= 0.3 is 12.1 Å². The average molecular weight is 467 g/mol. The normalized spacial score (nSPS) is 17.5. The molecule has 0 radical (unpaired) electrons. The molecule has 2 aliphatic rings. The Bertz CT molecular complexity index is 1030. The van der Waals surface area contributed by atoms with E-state index in [1.807, 2.05) is 24.3 Å². The lowest BCUT2D eigenvalue weighted by molar-refractivity contribution is -0.156. The first-order valence-electron chi connectivity index (χ1n) is 11.6. The number of nitrogens with one attached hydrogen (secondary N) is 2. The summed E-state index contributed by atoms with van der Waals surface area (Å²) in [5.41, 5.74) is 2.48. The predicted octanol–water partition coefficient (Wildman–Crippen LogP) is 3.04. The molecule has 180 valence electrons. The summed E-state index contributed by atoms with van der Waals surface area (Å²) in [6.07, 6.45) is 2.24. The van der Waals surface area contributed by atoms with Crippen molar-refractivity contribution in [3.05, 3.63) is 59.7 Å². The third-order valence-electron chi connectivity index (χ3n) is 6.86. The summed E-state index contributed by atoms with van der Waals surface area (Å²) < 4.78 is 5.62. The highest BCUT2D eigenvalue weighted by Crippen LogP contribution is 2.44. The molecule has 8 heteroatoms. The van der Waals surface area contributed by atoms with Crippen molar-refractivity contribution in [2.45, 2.75) is 50.2 Å². The number of ether oxygens (including phenoxy) is 1. The maximum Gasteiger partial charge on any atom is 0.407 e. The quantitative estimate of drug-likeness (QED) is 0.450. The fraction of sp³-hybridized carbons (Fsp3) is 0.423. The van der Waals surface area contributed by atoms with E-state index in [1.54, 1.807) is 0 Å². The molecule has 0 spiro atoms. The summed E-state index contributed by atoms with van der Waals surface area (Å²) >= 11 is 0. The number of alkyl carbamates (subject to hydrolysis) is 1. The van der Waals surface area contributed by atoms with Gasteiger partial charge < -0.3 is 25.6 Å². The Morgan fingerprint density at radius 2 is 1.65 bits per heavy atom. The number of rotatable bonds is 9. The van der Waals surface area contributed by atoms with E-state index in [9.17, 15) is 19.5 Å². The van der Waals surface area contributed by atoms with Crippen LogP contribution in [-0.2, 0) is 14.3 Å². The molecule has 2 unspecified atom stereocenters. The largest absolute Gasteiger partial charge is 0.479 e. The Balaban J connectivity index is 1.35. The van der Waals surface area contributed by atoms with Crippen LogP contribution in [0, 0.1) is 5.92 Å². The van der Waals surface area contributed by atoms with Crippen LogP contribution < -0.4 is 10.6 Å². The molecule has 4 rings (SSSR count). The number of carbonyl (C=O) groups is 3. The highest BCUT2D eigenvalue weighted by Gasteiger charge is 2.34. The second-order valence-electron chi connectivity index (χ2n) is 9.33. The first kappa shape index (κ1) is 23.8. The number of hydrogen-bond acceptors (Lipinski definition) is 5. The number of carboxylic acid groups (broad SMARTS) is 1. The zero-order valence-electron chi connectivity index (χ0n) is 19.1. The SMILES string of the molecule is CC(O)(CNC(=O)CC(NC(=O)OCC1c2ccccc2-c2ccccc21)C1CCC1)C(=O)O. The molecule has 0 saturated heterocycles. The number of hydrogen-bond donors (Lipinski definition) is 4. The Labute approximate surface area is 198 Å². The van der Waals surface area contributed by atoms with Crippen LogP contribution in [0.5, 0.6) is 0 Å². The molecule has 2 atom stereocenters. The zero-order chi connectivity index (χ0) is 24.3. The van der Waals surface area contributed by atoms with Crippen molar-refractivity contribution in [1.82, 2.24) is 10.6 Å². The molecule has 4 N–H and O–H groups in total. The van der Waals surface area contributed by atoms with E-state index in [1.165, 1.54) is 0 Å².